The highest BCUT2D eigenvalue weighted by Gasteiger charge is 2.48. The van der Waals surface area contributed by atoms with Gasteiger partial charge >= 0.3 is 0 Å². The summed E-state index contributed by atoms with van der Waals surface area (Å²) in [6, 6.07) is 57.2. The first-order chi connectivity index (χ1) is 36.0. The molecule has 0 fully saturated rings. The van der Waals surface area contributed by atoms with Gasteiger partial charge in [-0.3, -0.25) is 0 Å². The van der Waals surface area contributed by atoms with Gasteiger partial charge in [0, 0.05) is 61.0 Å². The monoisotopic (exact) mass is 1010 g/mol. The first kappa shape index (κ1) is 49.0. The molecule has 0 amide bonds. The van der Waals surface area contributed by atoms with Crippen molar-refractivity contribution in [3.05, 3.63) is 190 Å². The molecule has 0 bridgehead atoms. The topological polar surface area (TPSA) is 9.72 Å². The van der Waals surface area contributed by atoms with Crippen LogP contribution in [0.2, 0.25) is 0 Å². The molecule has 8 aromatic carbocycles. The third-order valence-corrected chi connectivity index (χ3v) is 20.0. The number of nitrogens with zero attached hydrogens (tertiary/aromatic N) is 3. The van der Waals surface area contributed by atoms with Crippen LogP contribution in [-0.2, 0) is 27.1 Å². The zero-order chi connectivity index (χ0) is 53.2. The molecule has 3 nitrogen and oxygen atoms in total. The van der Waals surface area contributed by atoms with Gasteiger partial charge in [-0.05, 0) is 201 Å². The third-order valence-electron chi connectivity index (χ3n) is 18.8. The first-order valence-electron chi connectivity index (χ1n) is 28.1. The fourth-order valence-corrected chi connectivity index (χ4v) is 15.5. The zero-order valence-corrected chi connectivity index (χ0v) is 48.3. The highest BCUT2D eigenvalue weighted by atomic mass is 32.1. The summed E-state index contributed by atoms with van der Waals surface area (Å²) in [5, 5.41) is 2.71. The molecule has 9 aromatic rings. The summed E-state index contributed by atoms with van der Waals surface area (Å²) in [6.07, 6.45) is 4.69. The summed E-state index contributed by atoms with van der Waals surface area (Å²) >= 11 is 1.95. The Balaban J connectivity index is 1.16. The van der Waals surface area contributed by atoms with Crippen molar-refractivity contribution >= 4 is 106 Å². The lowest BCUT2D eigenvalue weighted by molar-refractivity contribution is 0.332. The van der Waals surface area contributed by atoms with Crippen molar-refractivity contribution < 1.29 is 0 Å². The van der Waals surface area contributed by atoms with E-state index in [-0.39, 0.29) is 33.8 Å². The first-order valence-corrected chi connectivity index (χ1v) is 28.9. The Morgan fingerprint density at radius 2 is 1.04 bits per heavy atom. The molecule has 382 valence electrons. The summed E-state index contributed by atoms with van der Waals surface area (Å²) in [5.41, 5.74) is 26.5. The van der Waals surface area contributed by atoms with Gasteiger partial charge in [-0.25, -0.2) is 0 Å². The molecule has 0 spiro atoms. The van der Waals surface area contributed by atoms with Gasteiger partial charge < -0.3 is 14.7 Å². The van der Waals surface area contributed by atoms with E-state index in [1.54, 1.807) is 0 Å². The minimum absolute atomic E-state index is 0.0200. The van der Waals surface area contributed by atoms with Crippen molar-refractivity contribution in [3.8, 4) is 0 Å². The van der Waals surface area contributed by atoms with Crippen molar-refractivity contribution in [3.63, 3.8) is 0 Å². The van der Waals surface area contributed by atoms with Crippen LogP contribution in [-0.4, -0.2) is 6.71 Å². The number of rotatable bonds is 5. The van der Waals surface area contributed by atoms with Crippen LogP contribution in [0, 0.1) is 20.8 Å². The largest absolute Gasteiger partial charge is 0.311 e. The van der Waals surface area contributed by atoms with E-state index >= 15 is 0 Å². The van der Waals surface area contributed by atoms with Gasteiger partial charge in [-0.1, -0.05) is 155 Å². The van der Waals surface area contributed by atoms with Crippen LogP contribution in [0.25, 0.3) is 20.2 Å². The molecule has 2 aliphatic heterocycles. The van der Waals surface area contributed by atoms with E-state index in [2.05, 4.69) is 257 Å². The summed E-state index contributed by atoms with van der Waals surface area (Å²) in [4.78, 5) is 7.92. The Labute approximate surface area is 457 Å². The van der Waals surface area contributed by atoms with Crippen LogP contribution in [0.3, 0.4) is 0 Å². The molecule has 5 heteroatoms. The molecule has 0 saturated carbocycles. The minimum Gasteiger partial charge on any atom is -0.311 e. The van der Waals surface area contributed by atoms with E-state index in [9.17, 15) is 0 Å². The molecule has 0 atom stereocenters. The van der Waals surface area contributed by atoms with Crippen LogP contribution in [0.5, 0.6) is 0 Å². The number of aryl methyl sites for hydroxylation is 3. The maximum Gasteiger partial charge on any atom is 0.252 e. The lowest BCUT2D eigenvalue weighted by atomic mass is 9.33. The second kappa shape index (κ2) is 16.7. The normalized spacial score (nSPS) is 17.5. The number of benzene rings is 8. The van der Waals surface area contributed by atoms with Crippen LogP contribution in [0.15, 0.2) is 146 Å². The molecular formula is C71H74BN3S. The van der Waals surface area contributed by atoms with Crippen molar-refractivity contribution in [2.45, 2.75) is 150 Å². The van der Waals surface area contributed by atoms with E-state index in [0.29, 0.717) is 0 Å². The maximum absolute atomic E-state index is 2.71. The van der Waals surface area contributed by atoms with Crippen molar-refractivity contribution in [1.29, 1.82) is 0 Å². The standard InChI is InChI=1S/C71H74BN3S/c1-43-37-61-65-62(38-43)75(58-32-30-50(67(4,5)6)64-48-23-17-20-26-63(48)76-66(58)64)59-40-47(73(56-24-18-15-21-44(56)2)57-25-19-16-22-45(57)3)28-31-54(59)72(65)55-41-52-53(71(13,14)36-35-70(52,11)12)42-60(55)74(61)46-27-29-49-51(39-46)69(9,10)34-33-68(49,7)8/h15-32,37-42H,33-36H2,1-14H3. The minimum atomic E-state index is -0.0624. The van der Waals surface area contributed by atoms with Gasteiger partial charge in [0.2, 0.25) is 0 Å². The molecule has 4 aliphatic rings. The number of anilines is 9. The van der Waals surface area contributed by atoms with Crippen LogP contribution in [0.1, 0.15) is 146 Å². The SMILES string of the molecule is Cc1cc2c3c(c1)N(c1ccc(C(C)(C)C)c4c1sc1ccccc14)c1cc(N(c4ccccc4C)c4ccccc4C)ccc1B3c1cc3c(cc1N2c1ccc2c(c1)C(C)(C)CCC2(C)C)C(C)(C)CCC3(C)C. The van der Waals surface area contributed by atoms with Crippen LogP contribution < -0.4 is 31.1 Å². The molecule has 1 aromatic heterocycles. The van der Waals surface area contributed by atoms with Crippen LogP contribution in [0.4, 0.5) is 51.2 Å². The average molecular weight is 1010 g/mol. The maximum atomic E-state index is 2.71. The molecule has 0 saturated heterocycles. The highest BCUT2D eigenvalue weighted by molar-refractivity contribution is 7.26. The van der Waals surface area contributed by atoms with E-state index < -0.39 is 0 Å². The smallest absolute Gasteiger partial charge is 0.252 e. The Morgan fingerprint density at radius 1 is 0.487 bits per heavy atom. The summed E-state index contributed by atoms with van der Waals surface area (Å²) in [5.74, 6) is 0. The van der Waals surface area contributed by atoms with E-state index in [1.165, 1.54) is 139 Å². The van der Waals surface area contributed by atoms with Gasteiger partial charge in [-0.15, -0.1) is 11.3 Å². The zero-order valence-electron chi connectivity index (χ0n) is 47.5. The Morgan fingerprint density at radius 3 is 1.67 bits per heavy atom. The number of para-hydroxylation sites is 2. The van der Waals surface area contributed by atoms with Gasteiger partial charge in [-0.2, -0.15) is 0 Å². The number of fused-ring (bicyclic) bond motifs is 9. The van der Waals surface area contributed by atoms with Crippen molar-refractivity contribution in [2.75, 3.05) is 14.7 Å². The lowest BCUT2D eigenvalue weighted by Gasteiger charge is -2.48. The molecule has 3 heterocycles. The second-order valence-corrected chi connectivity index (χ2v) is 27.9. The third kappa shape index (κ3) is 7.34. The van der Waals surface area contributed by atoms with E-state index in [0.717, 1.165) is 18.5 Å². The number of thiophene rings is 1. The van der Waals surface area contributed by atoms with Gasteiger partial charge in [0.25, 0.3) is 6.71 Å². The average Bonchev–Trinajstić information content (AvgIpc) is 3.78. The van der Waals surface area contributed by atoms with Gasteiger partial charge in [0.15, 0.2) is 0 Å². The highest BCUT2D eigenvalue weighted by Crippen LogP contribution is 2.55. The number of hydrogen-bond acceptors (Lipinski definition) is 4. The lowest BCUT2D eigenvalue weighted by Crippen LogP contribution is -2.62. The fraction of sp³-hybridized carbons (Fsp3) is 0.324. The molecule has 0 unspecified atom stereocenters. The fourth-order valence-electron chi connectivity index (χ4n) is 14.2. The molecular weight excluding hydrogens is 938 g/mol. The van der Waals surface area contributed by atoms with Crippen molar-refractivity contribution in [1.82, 2.24) is 0 Å². The predicted molar refractivity (Wildman–Crippen MR) is 332 cm³/mol. The van der Waals surface area contributed by atoms with E-state index in [4.69, 9.17) is 0 Å². The summed E-state index contributed by atoms with van der Waals surface area (Å²) < 4.78 is 2.66. The summed E-state index contributed by atoms with van der Waals surface area (Å²) in [6.45, 7) is 33.8. The Hall–Kier alpha value is -6.56. The molecule has 2 aliphatic carbocycles. The predicted octanol–water partition coefficient (Wildman–Crippen LogP) is 18.5. The molecule has 0 N–H and O–H groups in total. The van der Waals surface area contributed by atoms with Crippen molar-refractivity contribution in [2.24, 2.45) is 0 Å². The van der Waals surface area contributed by atoms with Crippen LogP contribution >= 0.6 is 11.3 Å². The second-order valence-electron chi connectivity index (χ2n) is 26.9. The summed E-state index contributed by atoms with van der Waals surface area (Å²) in [7, 11) is 0. The quantitative estimate of drug-likeness (QED) is 0.159. The van der Waals surface area contributed by atoms with E-state index in [1.807, 2.05) is 11.3 Å². The Bertz CT molecular complexity index is 3850. The molecule has 76 heavy (non-hydrogen) atoms. The Kier molecular flexibility index (Phi) is 10.8. The molecule has 13 rings (SSSR count). The molecule has 0 radical (unpaired) electrons. The number of hydrogen-bond donors (Lipinski definition) is 0. The van der Waals surface area contributed by atoms with Gasteiger partial charge in [0.1, 0.15) is 0 Å². The van der Waals surface area contributed by atoms with Gasteiger partial charge in [0.05, 0.1) is 10.4 Å².